The maximum absolute atomic E-state index is 14.5. The van der Waals surface area contributed by atoms with Gasteiger partial charge in [0.15, 0.2) is 0 Å². The number of esters is 1. The molecule has 0 saturated carbocycles. The number of methoxy groups -OCH3 is 1. The summed E-state index contributed by atoms with van der Waals surface area (Å²) in [5.74, 6) is -0.386. The van der Waals surface area contributed by atoms with Crippen molar-refractivity contribution in [3.05, 3.63) is 99.6 Å². The molecular weight excluding hydrogens is 611 g/mol. The average Bonchev–Trinajstić information content (AvgIpc) is 3.70. The first-order valence-electron chi connectivity index (χ1n) is 15.6. The zero-order valence-corrected chi connectivity index (χ0v) is 27.9. The number of carbonyl (C=O) groups is 3. The number of aromatic amines is 1. The van der Waals surface area contributed by atoms with E-state index >= 15 is 0 Å². The van der Waals surface area contributed by atoms with Gasteiger partial charge in [-0.2, -0.15) is 0 Å². The standard InChI is InChI=1S/C38H37N3O5S/c1-21(2)16-28-26-10-13-39-32(26)8-9-33(28)41-37(43)29-18-31-34(46-14-11-23-12-15-47-35(23)31)19-27(29)25-7-6-24(17-30(25)38(44)45-5)36(42)40-20-22(3)4/h6-10,12-13,15-19,22,39H,11,14,20H2,1-5H3,(H,40,42)(H,41,43). The van der Waals surface area contributed by atoms with Gasteiger partial charge >= 0.3 is 5.97 Å². The molecule has 0 saturated heterocycles. The Balaban J connectivity index is 1.52. The summed E-state index contributed by atoms with van der Waals surface area (Å²) in [6, 6.07) is 16.5. The molecule has 6 rings (SSSR count). The average molecular weight is 648 g/mol. The number of anilines is 1. The number of fused-ring (bicyclic) bond motifs is 4. The number of aromatic nitrogens is 1. The summed E-state index contributed by atoms with van der Waals surface area (Å²) in [5.41, 5.74) is 7.35. The van der Waals surface area contributed by atoms with Crippen LogP contribution in [0.4, 0.5) is 5.69 Å². The van der Waals surface area contributed by atoms with Gasteiger partial charge in [-0.05, 0) is 90.4 Å². The third-order valence-corrected chi connectivity index (χ3v) is 9.08. The van der Waals surface area contributed by atoms with Crippen molar-refractivity contribution in [2.24, 2.45) is 5.92 Å². The lowest BCUT2D eigenvalue weighted by Crippen LogP contribution is -2.27. The molecule has 3 aromatic carbocycles. The molecule has 5 aromatic rings. The molecule has 0 atom stereocenters. The van der Waals surface area contributed by atoms with Crippen LogP contribution >= 0.6 is 11.3 Å². The molecule has 3 N–H and O–H groups in total. The summed E-state index contributed by atoms with van der Waals surface area (Å²) in [6.07, 6.45) is 4.66. The monoisotopic (exact) mass is 647 g/mol. The second kappa shape index (κ2) is 13.3. The summed E-state index contributed by atoms with van der Waals surface area (Å²) in [6.45, 7) is 9.02. The van der Waals surface area contributed by atoms with Crippen LogP contribution in [-0.2, 0) is 11.2 Å². The minimum atomic E-state index is -0.620. The summed E-state index contributed by atoms with van der Waals surface area (Å²) < 4.78 is 11.4. The fourth-order valence-corrected chi connectivity index (χ4v) is 6.80. The van der Waals surface area contributed by atoms with E-state index in [2.05, 4.69) is 21.7 Å². The molecule has 0 spiro atoms. The number of amides is 2. The summed E-state index contributed by atoms with van der Waals surface area (Å²) in [5, 5.41) is 9.10. The highest BCUT2D eigenvalue weighted by Gasteiger charge is 2.26. The van der Waals surface area contributed by atoms with Gasteiger partial charge in [0.05, 0.1) is 19.3 Å². The molecule has 3 heterocycles. The molecule has 0 radical (unpaired) electrons. The van der Waals surface area contributed by atoms with Crippen molar-refractivity contribution in [1.29, 1.82) is 0 Å². The molecule has 2 aromatic heterocycles. The predicted molar refractivity (Wildman–Crippen MR) is 188 cm³/mol. The number of allylic oxidation sites excluding steroid dienone is 1. The molecular formula is C38H37N3O5S. The number of nitrogens with one attached hydrogen (secondary N) is 3. The largest absolute Gasteiger partial charge is 0.493 e. The highest BCUT2D eigenvalue weighted by molar-refractivity contribution is 7.13. The fourth-order valence-electron chi connectivity index (χ4n) is 5.82. The number of carbonyl (C=O) groups excluding carboxylic acids is 3. The second-order valence-electron chi connectivity index (χ2n) is 12.3. The van der Waals surface area contributed by atoms with Crippen LogP contribution in [0.1, 0.15) is 69.9 Å². The molecule has 47 heavy (non-hydrogen) atoms. The maximum Gasteiger partial charge on any atom is 0.338 e. The van der Waals surface area contributed by atoms with Crippen molar-refractivity contribution in [3.63, 3.8) is 0 Å². The number of thiophene rings is 1. The molecule has 8 nitrogen and oxygen atoms in total. The van der Waals surface area contributed by atoms with Gasteiger partial charge in [-0.3, -0.25) is 9.59 Å². The van der Waals surface area contributed by atoms with Gasteiger partial charge < -0.3 is 25.1 Å². The van der Waals surface area contributed by atoms with E-state index < -0.39 is 5.97 Å². The van der Waals surface area contributed by atoms with Gasteiger partial charge in [0.1, 0.15) is 5.75 Å². The Morgan fingerprint density at radius 1 is 0.979 bits per heavy atom. The maximum atomic E-state index is 14.5. The van der Waals surface area contributed by atoms with Gasteiger partial charge in [0, 0.05) is 62.9 Å². The van der Waals surface area contributed by atoms with E-state index in [9.17, 15) is 14.4 Å². The molecule has 0 aliphatic carbocycles. The molecule has 2 amide bonds. The Morgan fingerprint density at radius 2 is 1.81 bits per heavy atom. The quantitative estimate of drug-likeness (QED) is 0.147. The van der Waals surface area contributed by atoms with E-state index in [1.807, 2.05) is 75.7 Å². The van der Waals surface area contributed by atoms with E-state index in [4.69, 9.17) is 9.47 Å². The van der Waals surface area contributed by atoms with Crippen molar-refractivity contribution >= 4 is 51.8 Å². The molecule has 240 valence electrons. The minimum Gasteiger partial charge on any atom is -0.493 e. The Hall–Kier alpha value is -5.15. The van der Waals surface area contributed by atoms with Gasteiger partial charge in [-0.25, -0.2) is 4.79 Å². The molecule has 0 unspecified atom stereocenters. The number of ether oxygens (including phenoxy) is 2. The smallest absolute Gasteiger partial charge is 0.338 e. The van der Waals surface area contributed by atoms with Gasteiger partial charge in [-0.15, -0.1) is 11.3 Å². The second-order valence-corrected chi connectivity index (χ2v) is 13.2. The minimum absolute atomic E-state index is 0.170. The molecule has 0 bridgehead atoms. The molecule has 1 aliphatic rings. The fraction of sp³-hybridized carbons (Fsp3) is 0.237. The Morgan fingerprint density at radius 3 is 2.57 bits per heavy atom. The Kier molecular flexibility index (Phi) is 9.00. The zero-order valence-electron chi connectivity index (χ0n) is 27.1. The van der Waals surface area contributed by atoms with Gasteiger partial charge in [0.25, 0.3) is 11.8 Å². The lowest BCUT2D eigenvalue weighted by Gasteiger charge is -2.19. The summed E-state index contributed by atoms with van der Waals surface area (Å²) >= 11 is 1.60. The van der Waals surface area contributed by atoms with Gasteiger partial charge in [0.2, 0.25) is 0 Å². The van der Waals surface area contributed by atoms with Crippen LogP contribution in [0.3, 0.4) is 0 Å². The predicted octanol–water partition coefficient (Wildman–Crippen LogP) is 8.35. The number of rotatable bonds is 8. The van der Waals surface area contributed by atoms with Crippen LogP contribution in [0.2, 0.25) is 0 Å². The van der Waals surface area contributed by atoms with E-state index in [1.54, 1.807) is 23.5 Å². The van der Waals surface area contributed by atoms with E-state index in [0.29, 0.717) is 46.8 Å². The molecule has 1 aliphatic heterocycles. The number of benzene rings is 3. The third kappa shape index (κ3) is 6.44. The molecule has 0 fully saturated rings. The highest BCUT2D eigenvalue weighted by Crippen LogP contribution is 2.44. The first kappa shape index (κ1) is 31.8. The first-order valence-corrected chi connectivity index (χ1v) is 16.5. The van der Waals surface area contributed by atoms with Gasteiger partial charge in [-0.1, -0.05) is 31.6 Å². The topological polar surface area (TPSA) is 110 Å². The lowest BCUT2D eigenvalue weighted by atomic mass is 9.90. The number of H-pyrrole nitrogens is 1. The normalized spacial score (nSPS) is 12.0. The first-order chi connectivity index (χ1) is 22.6. The molecule has 9 heteroatoms. The van der Waals surface area contributed by atoms with Crippen LogP contribution in [0.25, 0.3) is 38.5 Å². The Bertz CT molecular complexity index is 2050. The van der Waals surface area contributed by atoms with E-state index in [-0.39, 0.29) is 23.3 Å². The van der Waals surface area contributed by atoms with Crippen LogP contribution in [0.5, 0.6) is 5.75 Å². The summed E-state index contributed by atoms with van der Waals surface area (Å²) in [7, 11) is 1.30. The number of hydrogen-bond acceptors (Lipinski definition) is 6. The zero-order chi connectivity index (χ0) is 33.2. The van der Waals surface area contributed by atoms with Crippen LogP contribution in [0, 0.1) is 5.92 Å². The van der Waals surface area contributed by atoms with Crippen molar-refractivity contribution in [2.45, 2.75) is 34.1 Å². The highest BCUT2D eigenvalue weighted by atomic mass is 32.1. The Labute approximate surface area is 277 Å². The summed E-state index contributed by atoms with van der Waals surface area (Å²) in [4.78, 5) is 45.0. The van der Waals surface area contributed by atoms with Crippen LogP contribution in [0.15, 0.2) is 71.7 Å². The number of hydrogen-bond donors (Lipinski definition) is 3. The SMILES string of the molecule is COC(=O)c1cc(C(=O)NCC(C)C)ccc1-c1cc2c(cc1C(=O)Nc1ccc3[nH]ccc3c1C=C(C)C)-c1sccc1CCO2. The van der Waals surface area contributed by atoms with Crippen molar-refractivity contribution in [2.75, 3.05) is 25.6 Å². The lowest BCUT2D eigenvalue weighted by molar-refractivity contribution is 0.0601. The van der Waals surface area contributed by atoms with Crippen LogP contribution in [-0.4, -0.2) is 43.0 Å². The van der Waals surface area contributed by atoms with Crippen molar-refractivity contribution in [1.82, 2.24) is 10.3 Å². The van der Waals surface area contributed by atoms with Crippen molar-refractivity contribution in [3.8, 4) is 27.3 Å². The third-order valence-electron chi connectivity index (χ3n) is 8.09. The van der Waals surface area contributed by atoms with Crippen LogP contribution < -0.4 is 15.4 Å². The van der Waals surface area contributed by atoms with Crippen molar-refractivity contribution < 1.29 is 23.9 Å². The van der Waals surface area contributed by atoms with E-state index in [0.717, 1.165) is 44.5 Å². The van der Waals surface area contributed by atoms with E-state index in [1.165, 1.54) is 13.2 Å².